The molecule has 1 heterocycles. The van der Waals surface area contributed by atoms with Gasteiger partial charge in [0, 0.05) is 11.1 Å². The van der Waals surface area contributed by atoms with E-state index in [2.05, 4.69) is 15.5 Å². The first kappa shape index (κ1) is 21.6. The SMILES string of the molecule is COc1ccc(-c2nnc(SCC(=O)Nc3cc(Cl)ccc3OC)n2N)c(OC)c1. The molecule has 2 aromatic carbocycles. The van der Waals surface area contributed by atoms with Crippen LogP contribution in [0.5, 0.6) is 17.2 Å². The molecule has 158 valence electrons. The van der Waals surface area contributed by atoms with Gasteiger partial charge in [0.1, 0.15) is 17.2 Å². The van der Waals surface area contributed by atoms with Crippen LogP contribution in [0.1, 0.15) is 0 Å². The topological polar surface area (TPSA) is 114 Å². The quantitative estimate of drug-likeness (QED) is 0.398. The number of carbonyl (C=O) groups is 1. The van der Waals surface area contributed by atoms with Gasteiger partial charge in [-0.2, -0.15) is 0 Å². The highest BCUT2D eigenvalue weighted by atomic mass is 35.5. The number of nitrogens with zero attached hydrogens (tertiary/aromatic N) is 3. The summed E-state index contributed by atoms with van der Waals surface area (Å²) in [6.07, 6.45) is 0. The minimum Gasteiger partial charge on any atom is -0.497 e. The van der Waals surface area contributed by atoms with Gasteiger partial charge in [-0.05, 0) is 30.3 Å². The van der Waals surface area contributed by atoms with E-state index in [-0.39, 0.29) is 11.7 Å². The molecule has 3 aromatic rings. The van der Waals surface area contributed by atoms with Crippen molar-refractivity contribution in [3.8, 4) is 28.6 Å². The summed E-state index contributed by atoms with van der Waals surface area (Å²) < 4.78 is 17.1. The van der Waals surface area contributed by atoms with Crippen LogP contribution in [0.15, 0.2) is 41.6 Å². The maximum Gasteiger partial charge on any atom is 0.234 e. The van der Waals surface area contributed by atoms with Gasteiger partial charge in [0.2, 0.25) is 11.1 Å². The number of nitrogens with one attached hydrogen (secondary N) is 1. The van der Waals surface area contributed by atoms with Gasteiger partial charge in [-0.15, -0.1) is 10.2 Å². The molecule has 0 radical (unpaired) electrons. The summed E-state index contributed by atoms with van der Waals surface area (Å²) in [6.45, 7) is 0. The Bertz CT molecular complexity index is 1060. The zero-order valence-electron chi connectivity index (χ0n) is 16.5. The number of nitrogen functional groups attached to an aromatic ring is 1. The van der Waals surface area contributed by atoms with E-state index in [1.165, 1.54) is 11.8 Å². The molecule has 1 amide bonds. The summed E-state index contributed by atoms with van der Waals surface area (Å²) in [5.74, 6) is 8.02. The number of rotatable bonds is 8. The van der Waals surface area contributed by atoms with E-state index in [0.717, 1.165) is 11.8 Å². The van der Waals surface area contributed by atoms with Gasteiger partial charge in [-0.1, -0.05) is 23.4 Å². The van der Waals surface area contributed by atoms with Crippen molar-refractivity contribution in [3.05, 3.63) is 41.4 Å². The Labute approximate surface area is 182 Å². The second-order valence-corrected chi connectivity index (χ2v) is 7.30. The van der Waals surface area contributed by atoms with Crippen molar-refractivity contribution in [1.29, 1.82) is 0 Å². The summed E-state index contributed by atoms with van der Waals surface area (Å²) in [6, 6.07) is 10.2. The lowest BCUT2D eigenvalue weighted by molar-refractivity contribution is -0.113. The summed E-state index contributed by atoms with van der Waals surface area (Å²) in [7, 11) is 4.62. The third kappa shape index (κ3) is 4.71. The van der Waals surface area contributed by atoms with Gasteiger partial charge in [-0.25, -0.2) is 4.68 Å². The van der Waals surface area contributed by atoms with Crippen LogP contribution in [0.25, 0.3) is 11.4 Å². The number of hydrogen-bond acceptors (Lipinski definition) is 8. The fourth-order valence-electron chi connectivity index (χ4n) is 2.64. The van der Waals surface area contributed by atoms with E-state index in [1.54, 1.807) is 50.6 Å². The van der Waals surface area contributed by atoms with Crippen LogP contribution in [0.2, 0.25) is 5.02 Å². The zero-order chi connectivity index (χ0) is 21.7. The monoisotopic (exact) mass is 449 g/mol. The molecule has 0 saturated heterocycles. The number of halogens is 1. The molecule has 1 aromatic heterocycles. The normalized spacial score (nSPS) is 10.5. The molecule has 3 N–H and O–H groups in total. The van der Waals surface area contributed by atoms with Crippen molar-refractivity contribution < 1.29 is 19.0 Å². The minimum atomic E-state index is -0.271. The van der Waals surface area contributed by atoms with Crippen molar-refractivity contribution in [1.82, 2.24) is 14.9 Å². The molecule has 30 heavy (non-hydrogen) atoms. The number of hydrogen-bond donors (Lipinski definition) is 2. The largest absolute Gasteiger partial charge is 0.497 e. The van der Waals surface area contributed by atoms with Crippen molar-refractivity contribution in [2.24, 2.45) is 0 Å². The summed E-state index contributed by atoms with van der Waals surface area (Å²) in [5, 5.41) is 11.8. The molecule has 3 rings (SSSR count). The van der Waals surface area contributed by atoms with Crippen LogP contribution in [-0.4, -0.2) is 47.9 Å². The lowest BCUT2D eigenvalue weighted by Gasteiger charge is -2.11. The number of aromatic nitrogens is 3. The van der Waals surface area contributed by atoms with Crippen LogP contribution in [0, 0.1) is 0 Å². The van der Waals surface area contributed by atoms with Gasteiger partial charge < -0.3 is 25.4 Å². The van der Waals surface area contributed by atoms with Gasteiger partial charge in [-0.3, -0.25) is 4.79 Å². The minimum absolute atomic E-state index is 0.0603. The van der Waals surface area contributed by atoms with Crippen molar-refractivity contribution in [2.75, 3.05) is 38.2 Å². The second-order valence-electron chi connectivity index (χ2n) is 5.92. The Morgan fingerprint density at radius 2 is 1.87 bits per heavy atom. The van der Waals surface area contributed by atoms with E-state index in [4.69, 9.17) is 31.7 Å². The number of carbonyl (C=O) groups excluding carboxylic acids is 1. The van der Waals surface area contributed by atoms with E-state index in [9.17, 15) is 4.79 Å². The number of amides is 1. The Balaban J connectivity index is 1.72. The third-order valence-corrected chi connectivity index (χ3v) is 5.26. The lowest BCUT2D eigenvalue weighted by atomic mass is 10.2. The molecule has 0 bridgehead atoms. The number of benzene rings is 2. The average molecular weight is 450 g/mol. The van der Waals surface area contributed by atoms with Crippen LogP contribution in [0.4, 0.5) is 5.69 Å². The zero-order valence-corrected chi connectivity index (χ0v) is 18.1. The molecule has 0 spiro atoms. The smallest absolute Gasteiger partial charge is 0.234 e. The number of methoxy groups -OCH3 is 3. The average Bonchev–Trinajstić information content (AvgIpc) is 3.12. The molecule has 0 aliphatic rings. The van der Waals surface area contributed by atoms with Crippen molar-refractivity contribution in [3.63, 3.8) is 0 Å². The molecule has 0 saturated carbocycles. The Kier molecular flexibility index (Phi) is 6.91. The van der Waals surface area contributed by atoms with Crippen LogP contribution in [-0.2, 0) is 4.79 Å². The maximum atomic E-state index is 12.4. The highest BCUT2D eigenvalue weighted by molar-refractivity contribution is 7.99. The Morgan fingerprint density at radius 1 is 1.10 bits per heavy atom. The van der Waals surface area contributed by atoms with Gasteiger partial charge in [0.05, 0.1) is 38.3 Å². The van der Waals surface area contributed by atoms with Gasteiger partial charge >= 0.3 is 0 Å². The molecule has 0 atom stereocenters. The first-order chi connectivity index (χ1) is 14.5. The standard InChI is InChI=1S/C19H20ClN5O4S/c1-27-12-5-6-13(16(9-12)29-3)18-23-24-19(25(18)21)30-10-17(26)22-14-8-11(20)4-7-15(14)28-2/h4-9H,10,21H2,1-3H3,(H,22,26). The highest BCUT2D eigenvalue weighted by Gasteiger charge is 2.18. The van der Waals surface area contributed by atoms with Crippen molar-refractivity contribution >= 4 is 35.0 Å². The van der Waals surface area contributed by atoms with E-state index in [0.29, 0.717) is 44.5 Å². The van der Waals surface area contributed by atoms with Crippen molar-refractivity contribution in [2.45, 2.75) is 5.16 Å². The van der Waals surface area contributed by atoms with E-state index in [1.807, 2.05) is 0 Å². The molecule has 9 nitrogen and oxygen atoms in total. The second kappa shape index (κ2) is 9.59. The predicted molar refractivity (Wildman–Crippen MR) is 116 cm³/mol. The predicted octanol–water partition coefficient (Wildman–Crippen LogP) is 3.07. The molecular formula is C19H20ClN5O4S. The molecule has 0 fully saturated rings. The first-order valence-electron chi connectivity index (χ1n) is 8.66. The molecule has 0 unspecified atom stereocenters. The fraction of sp³-hybridized carbons (Fsp3) is 0.211. The van der Waals surface area contributed by atoms with Gasteiger partial charge in [0.25, 0.3) is 0 Å². The van der Waals surface area contributed by atoms with E-state index < -0.39 is 0 Å². The number of thioether (sulfide) groups is 1. The highest BCUT2D eigenvalue weighted by Crippen LogP contribution is 2.33. The summed E-state index contributed by atoms with van der Waals surface area (Å²) in [5.41, 5.74) is 1.13. The first-order valence-corrected chi connectivity index (χ1v) is 10.0. The summed E-state index contributed by atoms with van der Waals surface area (Å²) >= 11 is 7.13. The Hall–Kier alpha value is -3.11. The molecule has 11 heteroatoms. The number of ether oxygens (including phenoxy) is 3. The number of nitrogens with two attached hydrogens (primary N) is 1. The maximum absolute atomic E-state index is 12.4. The summed E-state index contributed by atoms with van der Waals surface area (Å²) in [4.78, 5) is 12.4. The Morgan fingerprint density at radius 3 is 2.57 bits per heavy atom. The van der Waals surface area contributed by atoms with Gasteiger partial charge in [0.15, 0.2) is 5.82 Å². The molecular weight excluding hydrogens is 430 g/mol. The van der Waals surface area contributed by atoms with Crippen LogP contribution in [0.3, 0.4) is 0 Å². The fourth-order valence-corrected chi connectivity index (χ4v) is 3.47. The van der Waals surface area contributed by atoms with Crippen LogP contribution >= 0.6 is 23.4 Å². The number of anilines is 1. The molecule has 0 aliphatic carbocycles. The van der Waals surface area contributed by atoms with E-state index >= 15 is 0 Å². The molecule has 0 aliphatic heterocycles. The van der Waals surface area contributed by atoms with Crippen LogP contribution < -0.4 is 25.4 Å². The third-order valence-electron chi connectivity index (χ3n) is 4.08. The lowest BCUT2D eigenvalue weighted by Crippen LogP contribution is -2.17.